The zero-order valence-corrected chi connectivity index (χ0v) is 11.7. The Balaban J connectivity index is 2.12. The molecule has 0 aromatic carbocycles. The van der Waals surface area contributed by atoms with Gasteiger partial charge in [0.2, 0.25) is 0 Å². The van der Waals surface area contributed by atoms with E-state index in [9.17, 15) is 0 Å². The molecule has 0 radical (unpaired) electrons. The monoisotopic (exact) mass is 248 g/mol. The van der Waals surface area contributed by atoms with Crippen LogP contribution in [0.1, 0.15) is 50.9 Å². The first-order valence-corrected chi connectivity index (χ1v) is 7.03. The first-order chi connectivity index (χ1) is 8.63. The number of nitrogens with one attached hydrogen (secondary N) is 1. The van der Waals surface area contributed by atoms with E-state index in [1.807, 2.05) is 6.92 Å². The molecule has 1 aromatic rings. The Bertz CT molecular complexity index is 413. The molecule has 1 atom stereocenters. The fourth-order valence-electron chi connectivity index (χ4n) is 2.16. The second-order valence-corrected chi connectivity index (χ2v) is 5.28. The minimum Gasteiger partial charge on any atom is -0.383 e. The Morgan fingerprint density at radius 2 is 2.06 bits per heavy atom. The maximum absolute atomic E-state index is 5.94. The summed E-state index contributed by atoms with van der Waals surface area (Å²) in [5, 5.41) is 3.55. The molecule has 0 aliphatic heterocycles. The predicted molar refractivity (Wildman–Crippen MR) is 75.6 cm³/mol. The van der Waals surface area contributed by atoms with Crippen LogP contribution in [0, 0.1) is 12.8 Å². The number of hydrogen-bond acceptors (Lipinski definition) is 4. The molecule has 1 aliphatic carbocycles. The van der Waals surface area contributed by atoms with Crippen LogP contribution in [0.4, 0.5) is 11.6 Å². The lowest BCUT2D eigenvalue weighted by Gasteiger charge is -2.19. The number of nitrogens with two attached hydrogens (primary N) is 1. The number of nitrogen functional groups attached to an aromatic ring is 1. The third-order valence-electron chi connectivity index (χ3n) is 3.69. The second-order valence-electron chi connectivity index (χ2n) is 5.28. The van der Waals surface area contributed by atoms with Crippen molar-refractivity contribution < 1.29 is 0 Å². The Hall–Kier alpha value is -1.32. The van der Waals surface area contributed by atoms with Crippen LogP contribution in [-0.4, -0.2) is 16.0 Å². The van der Waals surface area contributed by atoms with E-state index in [4.69, 9.17) is 5.73 Å². The SMILES string of the molecule is CCc1nc(N)c(C)c(NC(CC)CC2CC2)n1. The molecule has 0 amide bonds. The summed E-state index contributed by atoms with van der Waals surface area (Å²) < 4.78 is 0. The molecule has 1 aromatic heterocycles. The predicted octanol–water partition coefficient (Wildman–Crippen LogP) is 2.92. The van der Waals surface area contributed by atoms with Crippen molar-refractivity contribution in [2.45, 2.75) is 58.9 Å². The summed E-state index contributed by atoms with van der Waals surface area (Å²) in [5.41, 5.74) is 6.91. The highest BCUT2D eigenvalue weighted by Gasteiger charge is 2.25. The van der Waals surface area contributed by atoms with Crippen LogP contribution in [0.3, 0.4) is 0 Å². The highest BCUT2D eigenvalue weighted by atomic mass is 15.1. The van der Waals surface area contributed by atoms with Gasteiger partial charge in [0.15, 0.2) is 0 Å². The largest absolute Gasteiger partial charge is 0.383 e. The summed E-state index contributed by atoms with van der Waals surface area (Å²) in [7, 11) is 0. The van der Waals surface area contributed by atoms with Gasteiger partial charge in [-0.25, -0.2) is 9.97 Å². The molecule has 1 fully saturated rings. The van der Waals surface area contributed by atoms with E-state index in [0.717, 1.165) is 36.0 Å². The van der Waals surface area contributed by atoms with Gasteiger partial charge < -0.3 is 11.1 Å². The standard InChI is InChI=1S/C14H24N4/c1-4-11(8-10-6-7-10)16-14-9(3)13(15)17-12(5-2)18-14/h10-11H,4-8H2,1-3H3,(H3,15,16,17,18). The van der Waals surface area contributed by atoms with Crippen molar-refractivity contribution in [3.63, 3.8) is 0 Å². The summed E-state index contributed by atoms with van der Waals surface area (Å²) >= 11 is 0. The van der Waals surface area contributed by atoms with Gasteiger partial charge in [0.1, 0.15) is 17.5 Å². The lowest BCUT2D eigenvalue weighted by molar-refractivity contribution is 0.584. The van der Waals surface area contributed by atoms with Crippen LogP contribution >= 0.6 is 0 Å². The number of nitrogens with zero attached hydrogens (tertiary/aromatic N) is 2. The zero-order valence-electron chi connectivity index (χ0n) is 11.7. The van der Waals surface area contributed by atoms with Gasteiger partial charge in [-0.2, -0.15) is 0 Å². The highest BCUT2D eigenvalue weighted by molar-refractivity contribution is 5.55. The fraction of sp³-hybridized carbons (Fsp3) is 0.714. The molecule has 4 nitrogen and oxygen atoms in total. The normalized spacial score (nSPS) is 16.6. The summed E-state index contributed by atoms with van der Waals surface area (Å²) in [5.74, 6) is 3.27. The quantitative estimate of drug-likeness (QED) is 0.812. The van der Waals surface area contributed by atoms with E-state index in [0.29, 0.717) is 11.9 Å². The van der Waals surface area contributed by atoms with Gasteiger partial charge in [0.25, 0.3) is 0 Å². The number of anilines is 2. The van der Waals surface area contributed by atoms with Crippen LogP contribution in [0.5, 0.6) is 0 Å². The molecule has 18 heavy (non-hydrogen) atoms. The zero-order chi connectivity index (χ0) is 13.1. The van der Waals surface area contributed by atoms with Crippen molar-refractivity contribution in [1.29, 1.82) is 0 Å². The third-order valence-corrected chi connectivity index (χ3v) is 3.69. The molecule has 2 rings (SSSR count). The average Bonchev–Trinajstić information content (AvgIpc) is 3.17. The summed E-state index contributed by atoms with van der Waals surface area (Å²) in [6.45, 7) is 6.26. The molecular weight excluding hydrogens is 224 g/mol. The van der Waals surface area contributed by atoms with E-state index in [-0.39, 0.29) is 0 Å². The first kappa shape index (κ1) is 13.1. The minimum absolute atomic E-state index is 0.509. The van der Waals surface area contributed by atoms with Gasteiger partial charge in [-0.05, 0) is 25.7 Å². The lowest BCUT2D eigenvalue weighted by Crippen LogP contribution is -2.21. The molecule has 3 N–H and O–H groups in total. The Labute approximate surface area is 109 Å². The first-order valence-electron chi connectivity index (χ1n) is 7.03. The molecule has 0 spiro atoms. The van der Waals surface area contributed by atoms with Crippen LogP contribution in [0.2, 0.25) is 0 Å². The number of hydrogen-bond donors (Lipinski definition) is 2. The van der Waals surface area contributed by atoms with E-state index in [1.165, 1.54) is 19.3 Å². The van der Waals surface area contributed by atoms with Crippen LogP contribution in [0.25, 0.3) is 0 Å². The van der Waals surface area contributed by atoms with Gasteiger partial charge in [0, 0.05) is 18.0 Å². The Kier molecular flexibility index (Phi) is 4.04. The second kappa shape index (κ2) is 5.55. The van der Waals surface area contributed by atoms with Crippen molar-refractivity contribution >= 4 is 11.6 Å². The molecule has 1 unspecified atom stereocenters. The van der Waals surface area contributed by atoms with Gasteiger partial charge >= 0.3 is 0 Å². The highest BCUT2D eigenvalue weighted by Crippen LogP contribution is 2.35. The topological polar surface area (TPSA) is 63.8 Å². The maximum atomic E-state index is 5.94. The van der Waals surface area contributed by atoms with Gasteiger partial charge in [-0.3, -0.25) is 0 Å². The average molecular weight is 248 g/mol. The van der Waals surface area contributed by atoms with Crippen molar-refractivity contribution in [3.8, 4) is 0 Å². The van der Waals surface area contributed by atoms with E-state index in [2.05, 4.69) is 29.1 Å². The van der Waals surface area contributed by atoms with Crippen molar-refractivity contribution in [2.24, 2.45) is 5.92 Å². The number of rotatable bonds is 6. The van der Waals surface area contributed by atoms with Crippen LogP contribution in [-0.2, 0) is 6.42 Å². The molecule has 0 bridgehead atoms. The molecule has 1 saturated carbocycles. The lowest BCUT2D eigenvalue weighted by atomic mass is 10.1. The number of aryl methyl sites for hydroxylation is 1. The molecule has 100 valence electrons. The van der Waals surface area contributed by atoms with Crippen molar-refractivity contribution in [2.75, 3.05) is 11.1 Å². The number of aromatic nitrogens is 2. The van der Waals surface area contributed by atoms with Crippen LogP contribution in [0.15, 0.2) is 0 Å². The summed E-state index contributed by atoms with van der Waals surface area (Å²) in [6, 6.07) is 0.509. The smallest absolute Gasteiger partial charge is 0.134 e. The molecule has 0 saturated heterocycles. The van der Waals surface area contributed by atoms with Gasteiger partial charge in [0.05, 0.1) is 0 Å². The Morgan fingerprint density at radius 3 is 2.61 bits per heavy atom. The van der Waals surface area contributed by atoms with Crippen LogP contribution < -0.4 is 11.1 Å². The van der Waals surface area contributed by atoms with E-state index in [1.54, 1.807) is 0 Å². The summed E-state index contributed by atoms with van der Waals surface area (Å²) in [4.78, 5) is 8.85. The van der Waals surface area contributed by atoms with Crippen molar-refractivity contribution in [1.82, 2.24) is 9.97 Å². The fourth-order valence-corrected chi connectivity index (χ4v) is 2.16. The molecule has 1 heterocycles. The minimum atomic E-state index is 0.509. The maximum Gasteiger partial charge on any atom is 0.134 e. The summed E-state index contributed by atoms with van der Waals surface area (Å²) in [6.07, 6.45) is 5.98. The van der Waals surface area contributed by atoms with E-state index >= 15 is 0 Å². The third kappa shape index (κ3) is 3.12. The molecule has 4 heteroatoms. The van der Waals surface area contributed by atoms with E-state index < -0.39 is 0 Å². The Morgan fingerprint density at radius 1 is 1.33 bits per heavy atom. The molecular formula is C14H24N4. The van der Waals surface area contributed by atoms with Gasteiger partial charge in [-0.1, -0.05) is 26.7 Å². The van der Waals surface area contributed by atoms with Gasteiger partial charge in [-0.15, -0.1) is 0 Å². The molecule has 1 aliphatic rings. The van der Waals surface area contributed by atoms with Crippen molar-refractivity contribution in [3.05, 3.63) is 11.4 Å².